The first-order chi connectivity index (χ1) is 11.8. The average molecular weight is 348 g/mol. The Hall–Kier alpha value is -2.31. The van der Waals surface area contributed by atoms with E-state index in [-0.39, 0.29) is 29.7 Å². The molecule has 1 fully saturated rings. The molecule has 4 unspecified atom stereocenters. The first-order valence-electron chi connectivity index (χ1n) is 8.59. The van der Waals surface area contributed by atoms with Gasteiger partial charge in [0.1, 0.15) is 11.9 Å². The van der Waals surface area contributed by atoms with E-state index in [0.29, 0.717) is 6.54 Å². The molecule has 2 rings (SSSR count). The molecule has 1 aliphatic heterocycles. The van der Waals surface area contributed by atoms with Gasteiger partial charge in [-0.3, -0.25) is 4.79 Å². The number of amides is 2. The van der Waals surface area contributed by atoms with E-state index in [2.05, 4.69) is 33.5 Å². The molecule has 4 atom stereocenters. The summed E-state index contributed by atoms with van der Waals surface area (Å²) in [5.41, 5.74) is 0.942. The largest absolute Gasteiger partial charge is 0.453 e. The van der Waals surface area contributed by atoms with Gasteiger partial charge in [0.2, 0.25) is 5.91 Å². The van der Waals surface area contributed by atoms with E-state index in [0.717, 1.165) is 11.5 Å². The first kappa shape index (κ1) is 19.0. The van der Waals surface area contributed by atoms with Gasteiger partial charge >= 0.3 is 6.09 Å². The number of aromatic nitrogens is 2. The van der Waals surface area contributed by atoms with Crippen LogP contribution in [0.5, 0.6) is 0 Å². The van der Waals surface area contributed by atoms with Crippen molar-refractivity contribution >= 4 is 12.0 Å². The third kappa shape index (κ3) is 3.86. The van der Waals surface area contributed by atoms with Crippen molar-refractivity contribution in [3.63, 3.8) is 0 Å². The smallest absolute Gasteiger partial charge is 0.407 e. The predicted molar refractivity (Wildman–Crippen MR) is 94.8 cm³/mol. The Balaban J connectivity index is 2.34. The van der Waals surface area contributed by atoms with Crippen molar-refractivity contribution in [2.45, 2.75) is 39.8 Å². The lowest BCUT2D eigenvalue weighted by Gasteiger charge is -2.31. The van der Waals surface area contributed by atoms with E-state index < -0.39 is 12.1 Å². The number of aryl methyl sites for hydroxylation is 1. The molecule has 1 aromatic rings. The second-order valence-corrected chi connectivity index (χ2v) is 7.03. The highest BCUT2D eigenvalue weighted by molar-refractivity contribution is 5.86. The molecule has 138 valence electrons. The highest BCUT2D eigenvalue weighted by atomic mass is 16.5. The quantitative estimate of drug-likeness (QED) is 0.800. The maximum atomic E-state index is 13.2. The number of rotatable bonds is 5. The maximum absolute atomic E-state index is 13.2. The summed E-state index contributed by atoms with van der Waals surface area (Å²) in [6.07, 6.45) is 3.04. The second kappa shape index (κ2) is 7.72. The van der Waals surface area contributed by atoms with Crippen molar-refractivity contribution in [1.82, 2.24) is 20.2 Å². The number of likely N-dealkylation sites (tertiary alicyclic amines) is 1. The van der Waals surface area contributed by atoms with Gasteiger partial charge in [-0.1, -0.05) is 26.8 Å². The summed E-state index contributed by atoms with van der Waals surface area (Å²) in [6.45, 7) is 12.4. The van der Waals surface area contributed by atoms with Gasteiger partial charge < -0.3 is 19.9 Å². The predicted octanol–water partition coefficient (Wildman–Crippen LogP) is 2.42. The van der Waals surface area contributed by atoms with E-state index in [1.807, 2.05) is 26.8 Å². The minimum atomic E-state index is -0.651. The highest BCUT2D eigenvalue weighted by Crippen LogP contribution is 2.40. The Kier molecular flexibility index (Phi) is 5.87. The van der Waals surface area contributed by atoms with E-state index in [1.165, 1.54) is 7.11 Å². The topological polar surface area (TPSA) is 87.3 Å². The van der Waals surface area contributed by atoms with Crippen molar-refractivity contribution in [2.24, 2.45) is 17.8 Å². The van der Waals surface area contributed by atoms with Crippen molar-refractivity contribution < 1.29 is 14.3 Å². The van der Waals surface area contributed by atoms with E-state index in [1.54, 1.807) is 11.1 Å². The fraction of sp³-hybridized carbons (Fsp3) is 0.611. The molecule has 2 amide bonds. The minimum absolute atomic E-state index is 0.0660. The normalized spacial score (nSPS) is 24.2. The van der Waals surface area contributed by atoms with Gasteiger partial charge in [-0.05, 0) is 18.8 Å². The Morgan fingerprint density at radius 3 is 2.68 bits per heavy atom. The number of aromatic amines is 1. The van der Waals surface area contributed by atoms with Gasteiger partial charge in [-0.15, -0.1) is 6.58 Å². The highest BCUT2D eigenvalue weighted by Gasteiger charge is 2.45. The molecule has 7 nitrogen and oxygen atoms in total. The molecule has 0 aromatic carbocycles. The van der Waals surface area contributed by atoms with Crippen LogP contribution in [-0.4, -0.2) is 46.6 Å². The second-order valence-electron chi connectivity index (χ2n) is 7.03. The number of alkyl carbamates (subject to hydrolysis) is 1. The summed E-state index contributed by atoms with van der Waals surface area (Å²) < 4.78 is 4.67. The molecule has 0 radical (unpaired) electrons. The van der Waals surface area contributed by atoms with E-state index in [4.69, 9.17) is 0 Å². The van der Waals surface area contributed by atoms with Crippen molar-refractivity contribution in [1.29, 1.82) is 0 Å². The van der Waals surface area contributed by atoms with Crippen LogP contribution >= 0.6 is 0 Å². The lowest BCUT2D eigenvalue weighted by atomic mass is 9.91. The van der Waals surface area contributed by atoms with Crippen LogP contribution in [0.25, 0.3) is 0 Å². The molecule has 0 spiro atoms. The van der Waals surface area contributed by atoms with Gasteiger partial charge in [0.15, 0.2) is 0 Å². The van der Waals surface area contributed by atoms with Crippen LogP contribution in [0, 0.1) is 24.7 Å². The number of ether oxygens (including phenoxy) is 1. The number of hydrogen-bond donors (Lipinski definition) is 2. The molecular weight excluding hydrogens is 320 g/mol. The molecule has 1 aliphatic rings. The molecule has 7 heteroatoms. The Labute approximate surface area is 148 Å². The van der Waals surface area contributed by atoms with E-state index >= 15 is 0 Å². The standard InChI is InChI=1S/C18H28N4O3/c1-7-13-11(4)9-22(15(13)16-19-8-12(5)20-16)17(23)14(10(2)3)21-18(24)25-6/h7-8,10-11,13-15H,1,9H2,2-6H3,(H,19,20)(H,21,24). The van der Waals surface area contributed by atoms with Crippen LogP contribution in [0.3, 0.4) is 0 Å². The molecule has 0 bridgehead atoms. The van der Waals surface area contributed by atoms with Crippen LogP contribution in [0.15, 0.2) is 18.9 Å². The number of methoxy groups -OCH3 is 1. The van der Waals surface area contributed by atoms with Crippen LogP contribution < -0.4 is 5.32 Å². The fourth-order valence-corrected chi connectivity index (χ4v) is 3.44. The minimum Gasteiger partial charge on any atom is -0.453 e. The Morgan fingerprint density at radius 2 is 2.20 bits per heavy atom. The maximum Gasteiger partial charge on any atom is 0.407 e. The van der Waals surface area contributed by atoms with Gasteiger partial charge in [-0.25, -0.2) is 9.78 Å². The van der Waals surface area contributed by atoms with Gasteiger partial charge in [0.25, 0.3) is 0 Å². The third-order valence-corrected chi connectivity index (χ3v) is 4.79. The van der Waals surface area contributed by atoms with Crippen molar-refractivity contribution in [3.8, 4) is 0 Å². The van der Waals surface area contributed by atoms with Crippen LogP contribution in [-0.2, 0) is 9.53 Å². The Bertz CT molecular complexity index is 640. The van der Waals surface area contributed by atoms with Crippen LogP contribution in [0.4, 0.5) is 4.79 Å². The summed E-state index contributed by atoms with van der Waals surface area (Å²) >= 11 is 0. The SMILES string of the molecule is C=CC1C(C)CN(C(=O)C(NC(=O)OC)C(C)C)C1c1ncc(C)[nH]1. The number of nitrogens with zero attached hydrogens (tertiary/aromatic N) is 2. The van der Waals surface area contributed by atoms with Gasteiger partial charge in [0, 0.05) is 24.4 Å². The summed E-state index contributed by atoms with van der Waals surface area (Å²) in [4.78, 5) is 34.3. The third-order valence-electron chi connectivity index (χ3n) is 4.79. The lowest BCUT2D eigenvalue weighted by molar-refractivity contribution is -0.135. The zero-order valence-corrected chi connectivity index (χ0v) is 15.6. The van der Waals surface area contributed by atoms with Gasteiger partial charge in [-0.2, -0.15) is 0 Å². The molecule has 1 aromatic heterocycles. The lowest BCUT2D eigenvalue weighted by Crippen LogP contribution is -2.51. The molecule has 0 aliphatic carbocycles. The summed E-state index contributed by atoms with van der Waals surface area (Å²) in [5, 5.41) is 2.66. The first-order valence-corrected chi connectivity index (χ1v) is 8.59. The molecule has 0 saturated carbocycles. The zero-order valence-electron chi connectivity index (χ0n) is 15.6. The Morgan fingerprint density at radius 1 is 1.52 bits per heavy atom. The number of imidazole rings is 1. The monoisotopic (exact) mass is 348 g/mol. The van der Waals surface area contributed by atoms with Crippen molar-refractivity contribution in [3.05, 3.63) is 30.4 Å². The van der Waals surface area contributed by atoms with E-state index in [9.17, 15) is 9.59 Å². The number of nitrogens with one attached hydrogen (secondary N) is 2. The molecule has 1 saturated heterocycles. The number of carbonyl (C=O) groups excluding carboxylic acids is 2. The zero-order chi connectivity index (χ0) is 18.7. The fourth-order valence-electron chi connectivity index (χ4n) is 3.44. The molecule has 2 heterocycles. The average Bonchev–Trinajstić information content (AvgIpc) is 3.13. The molecule has 2 N–H and O–H groups in total. The summed E-state index contributed by atoms with van der Waals surface area (Å²) in [6, 6.07) is -0.865. The van der Waals surface area contributed by atoms with Gasteiger partial charge in [0.05, 0.1) is 13.2 Å². The van der Waals surface area contributed by atoms with Crippen LogP contribution in [0.1, 0.15) is 38.3 Å². The summed E-state index contributed by atoms with van der Waals surface area (Å²) in [5.74, 6) is 0.906. The molecular formula is C18H28N4O3. The number of H-pyrrole nitrogens is 1. The molecule has 25 heavy (non-hydrogen) atoms. The number of carbonyl (C=O) groups is 2. The number of hydrogen-bond acceptors (Lipinski definition) is 4. The van der Waals surface area contributed by atoms with Crippen LogP contribution in [0.2, 0.25) is 0 Å². The van der Waals surface area contributed by atoms with Crippen molar-refractivity contribution in [2.75, 3.05) is 13.7 Å². The summed E-state index contributed by atoms with van der Waals surface area (Å²) in [7, 11) is 1.29.